The number of carbonyl (C=O) groups is 3. The summed E-state index contributed by atoms with van der Waals surface area (Å²) >= 11 is 0. The summed E-state index contributed by atoms with van der Waals surface area (Å²) in [5.74, 6) is -2.03. The van der Waals surface area contributed by atoms with Crippen LogP contribution >= 0.6 is 0 Å². The molecule has 0 radical (unpaired) electrons. The van der Waals surface area contributed by atoms with Gasteiger partial charge in [0.2, 0.25) is 0 Å². The monoisotopic (exact) mass is 460 g/mol. The smallest absolute Gasteiger partial charge is 0.407 e. The van der Waals surface area contributed by atoms with Crippen LogP contribution in [0.2, 0.25) is 0 Å². The third kappa shape index (κ3) is 5.41. The standard InChI is InChI=1S/C26H24N2O6/c29-24(30)16-34-28-25(31)23(14-17-8-2-1-3-9-17)27-26(32)33-15-22-20-12-6-4-10-18(20)19-11-5-7-13-21(19)22/h1-13,22-23H,14-16H2,(H,27,32)(H,28,31)(H,29,30). The van der Waals surface area contributed by atoms with E-state index in [-0.39, 0.29) is 18.9 Å². The Balaban J connectivity index is 1.42. The van der Waals surface area contributed by atoms with E-state index in [4.69, 9.17) is 9.84 Å². The Bertz CT molecular complexity index is 1140. The van der Waals surface area contributed by atoms with Gasteiger partial charge in [-0.05, 0) is 27.8 Å². The summed E-state index contributed by atoms with van der Waals surface area (Å²) in [6, 6.07) is 24.1. The van der Waals surface area contributed by atoms with Crippen LogP contribution in [0.5, 0.6) is 0 Å². The van der Waals surface area contributed by atoms with E-state index in [2.05, 4.69) is 15.6 Å². The number of aliphatic carboxylic acids is 1. The molecule has 8 heteroatoms. The fourth-order valence-electron chi connectivity index (χ4n) is 4.08. The summed E-state index contributed by atoms with van der Waals surface area (Å²) in [4.78, 5) is 40.5. The van der Waals surface area contributed by atoms with Crippen LogP contribution in [0.15, 0.2) is 78.9 Å². The van der Waals surface area contributed by atoms with Crippen LogP contribution in [0.3, 0.4) is 0 Å². The van der Waals surface area contributed by atoms with Crippen molar-refractivity contribution in [3.63, 3.8) is 0 Å². The van der Waals surface area contributed by atoms with Gasteiger partial charge >= 0.3 is 12.1 Å². The van der Waals surface area contributed by atoms with Crippen molar-refractivity contribution in [2.45, 2.75) is 18.4 Å². The Morgan fingerprint density at radius 2 is 1.44 bits per heavy atom. The van der Waals surface area contributed by atoms with E-state index < -0.39 is 30.6 Å². The van der Waals surface area contributed by atoms with Crippen LogP contribution in [0.1, 0.15) is 22.6 Å². The van der Waals surface area contributed by atoms with Gasteiger partial charge in [0.1, 0.15) is 12.6 Å². The molecule has 3 aromatic carbocycles. The third-order valence-corrected chi connectivity index (χ3v) is 5.60. The summed E-state index contributed by atoms with van der Waals surface area (Å²) in [5.41, 5.74) is 7.27. The molecule has 1 unspecified atom stereocenters. The maximum atomic E-state index is 12.7. The second-order valence-corrected chi connectivity index (χ2v) is 7.86. The molecule has 1 aliphatic carbocycles. The average molecular weight is 460 g/mol. The molecule has 0 saturated carbocycles. The molecule has 0 aromatic heterocycles. The molecular formula is C26H24N2O6. The Kier molecular flexibility index (Phi) is 7.19. The van der Waals surface area contributed by atoms with Gasteiger partial charge in [0.25, 0.3) is 5.91 Å². The predicted molar refractivity (Wildman–Crippen MR) is 124 cm³/mol. The van der Waals surface area contributed by atoms with E-state index in [1.54, 1.807) is 0 Å². The quantitative estimate of drug-likeness (QED) is 0.423. The first-order valence-electron chi connectivity index (χ1n) is 10.8. The topological polar surface area (TPSA) is 114 Å². The minimum atomic E-state index is -1.23. The molecule has 0 saturated heterocycles. The highest BCUT2D eigenvalue weighted by atomic mass is 16.7. The number of rotatable bonds is 9. The zero-order valence-electron chi connectivity index (χ0n) is 18.3. The van der Waals surface area contributed by atoms with Crippen molar-refractivity contribution >= 4 is 18.0 Å². The fraction of sp³-hybridized carbons (Fsp3) is 0.192. The number of benzene rings is 3. The number of hydrogen-bond donors (Lipinski definition) is 3. The normalized spacial score (nSPS) is 12.8. The van der Waals surface area contributed by atoms with E-state index >= 15 is 0 Å². The zero-order chi connectivity index (χ0) is 23.9. The first-order valence-corrected chi connectivity index (χ1v) is 10.8. The zero-order valence-corrected chi connectivity index (χ0v) is 18.3. The number of hydrogen-bond acceptors (Lipinski definition) is 5. The predicted octanol–water partition coefficient (Wildman–Crippen LogP) is 3.27. The summed E-state index contributed by atoms with van der Waals surface area (Å²) in [6.07, 6.45) is -0.580. The molecule has 0 heterocycles. The minimum Gasteiger partial charge on any atom is -0.479 e. The number of amides is 2. The van der Waals surface area contributed by atoms with Crippen molar-refractivity contribution in [1.29, 1.82) is 0 Å². The molecule has 0 fully saturated rings. The van der Waals surface area contributed by atoms with Crippen LogP contribution in [-0.2, 0) is 25.6 Å². The van der Waals surface area contributed by atoms with Crippen LogP contribution in [-0.4, -0.2) is 42.3 Å². The van der Waals surface area contributed by atoms with Crippen LogP contribution in [0.4, 0.5) is 4.79 Å². The Morgan fingerprint density at radius 3 is 2.06 bits per heavy atom. The number of carbonyl (C=O) groups excluding carboxylic acids is 2. The van der Waals surface area contributed by atoms with Crippen molar-refractivity contribution in [2.75, 3.05) is 13.2 Å². The molecule has 0 aliphatic heterocycles. The number of carboxylic acids is 1. The van der Waals surface area contributed by atoms with Gasteiger partial charge in [-0.1, -0.05) is 78.9 Å². The van der Waals surface area contributed by atoms with Gasteiger partial charge in [0, 0.05) is 12.3 Å². The van der Waals surface area contributed by atoms with Crippen molar-refractivity contribution in [3.8, 4) is 11.1 Å². The number of hydroxylamine groups is 1. The van der Waals surface area contributed by atoms with Gasteiger partial charge in [-0.2, -0.15) is 0 Å². The lowest BCUT2D eigenvalue weighted by atomic mass is 9.98. The fourth-order valence-corrected chi connectivity index (χ4v) is 4.08. The second-order valence-electron chi connectivity index (χ2n) is 7.86. The maximum Gasteiger partial charge on any atom is 0.407 e. The van der Waals surface area contributed by atoms with E-state index in [1.807, 2.05) is 78.9 Å². The third-order valence-electron chi connectivity index (χ3n) is 5.60. The molecule has 0 spiro atoms. The van der Waals surface area contributed by atoms with Crippen LogP contribution in [0.25, 0.3) is 11.1 Å². The van der Waals surface area contributed by atoms with E-state index in [0.717, 1.165) is 27.8 Å². The lowest BCUT2D eigenvalue weighted by Gasteiger charge is -2.19. The van der Waals surface area contributed by atoms with Gasteiger partial charge in [0.05, 0.1) is 0 Å². The van der Waals surface area contributed by atoms with Gasteiger partial charge in [-0.3, -0.25) is 9.63 Å². The number of nitrogens with one attached hydrogen (secondary N) is 2. The van der Waals surface area contributed by atoms with E-state index in [1.165, 1.54) is 0 Å². The maximum absolute atomic E-state index is 12.7. The van der Waals surface area contributed by atoms with Gasteiger partial charge < -0.3 is 15.2 Å². The number of ether oxygens (including phenoxy) is 1. The highest BCUT2D eigenvalue weighted by Crippen LogP contribution is 2.44. The largest absolute Gasteiger partial charge is 0.479 e. The summed E-state index contributed by atoms with van der Waals surface area (Å²) < 4.78 is 5.54. The SMILES string of the molecule is O=C(O)CONC(=O)C(Cc1ccccc1)NC(=O)OCC1c2ccccc2-c2ccccc21. The molecule has 2 amide bonds. The molecule has 4 rings (SSSR count). The number of carboxylic acid groups (broad SMARTS) is 1. The molecule has 3 aromatic rings. The summed E-state index contributed by atoms with van der Waals surface area (Å²) in [7, 11) is 0. The molecule has 0 bridgehead atoms. The van der Waals surface area contributed by atoms with Crippen molar-refractivity contribution in [1.82, 2.24) is 10.8 Å². The molecule has 174 valence electrons. The van der Waals surface area contributed by atoms with Gasteiger partial charge in [-0.15, -0.1) is 0 Å². The van der Waals surface area contributed by atoms with E-state index in [9.17, 15) is 14.4 Å². The molecular weight excluding hydrogens is 436 g/mol. The molecule has 8 nitrogen and oxygen atoms in total. The molecule has 3 N–H and O–H groups in total. The lowest BCUT2D eigenvalue weighted by molar-refractivity contribution is -0.150. The highest BCUT2D eigenvalue weighted by Gasteiger charge is 2.30. The first kappa shape index (κ1) is 23.0. The molecule has 1 aliphatic rings. The minimum absolute atomic E-state index is 0.106. The van der Waals surface area contributed by atoms with Crippen molar-refractivity contribution in [2.24, 2.45) is 0 Å². The lowest BCUT2D eigenvalue weighted by Crippen LogP contribution is -2.48. The number of alkyl carbamates (subject to hydrolysis) is 1. The van der Waals surface area contributed by atoms with Crippen LogP contribution < -0.4 is 10.8 Å². The summed E-state index contributed by atoms with van der Waals surface area (Å²) in [6.45, 7) is -0.593. The Morgan fingerprint density at radius 1 is 0.853 bits per heavy atom. The second kappa shape index (κ2) is 10.6. The average Bonchev–Trinajstić information content (AvgIpc) is 3.16. The van der Waals surface area contributed by atoms with Crippen LogP contribution in [0, 0.1) is 0 Å². The van der Waals surface area contributed by atoms with Crippen molar-refractivity contribution in [3.05, 3.63) is 95.6 Å². The molecule has 1 atom stereocenters. The Hall–Kier alpha value is -4.17. The molecule has 34 heavy (non-hydrogen) atoms. The number of fused-ring (bicyclic) bond motifs is 3. The van der Waals surface area contributed by atoms with Crippen molar-refractivity contribution < 1.29 is 29.1 Å². The Labute approximate surface area is 196 Å². The van der Waals surface area contributed by atoms with Gasteiger partial charge in [0.15, 0.2) is 6.61 Å². The van der Waals surface area contributed by atoms with Gasteiger partial charge in [-0.25, -0.2) is 15.1 Å². The van der Waals surface area contributed by atoms with E-state index in [0.29, 0.717) is 0 Å². The first-order chi connectivity index (χ1) is 16.5. The highest BCUT2D eigenvalue weighted by molar-refractivity contribution is 5.85. The summed E-state index contributed by atoms with van der Waals surface area (Å²) in [5, 5.41) is 11.3.